The fourth-order valence-corrected chi connectivity index (χ4v) is 4.74. The van der Waals surface area contributed by atoms with Crippen LogP contribution < -0.4 is 0 Å². The average Bonchev–Trinajstić information content (AvgIpc) is 2.82. The van der Waals surface area contributed by atoms with Crippen molar-refractivity contribution >= 4 is 29.3 Å². The van der Waals surface area contributed by atoms with Gasteiger partial charge in [0.1, 0.15) is 6.33 Å². The number of aromatic nitrogens is 2. The van der Waals surface area contributed by atoms with Crippen molar-refractivity contribution < 1.29 is 9.90 Å². The second kappa shape index (κ2) is 6.52. The van der Waals surface area contributed by atoms with Gasteiger partial charge in [-0.3, -0.25) is 4.79 Å². The molecule has 0 aromatic carbocycles. The van der Waals surface area contributed by atoms with Gasteiger partial charge >= 0.3 is 5.97 Å². The van der Waals surface area contributed by atoms with Crippen LogP contribution in [0.25, 0.3) is 0 Å². The molecule has 18 heavy (non-hydrogen) atoms. The van der Waals surface area contributed by atoms with Gasteiger partial charge in [0.15, 0.2) is 4.34 Å². The third-order valence-electron chi connectivity index (χ3n) is 3.51. The molecule has 1 fully saturated rings. The zero-order chi connectivity index (χ0) is 13.0. The summed E-state index contributed by atoms with van der Waals surface area (Å²) in [6, 6.07) is 0. The molecular weight excluding hydrogens is 268 g/mol. The first kappa shape index (κ1) is 13.8. The van der Waals surface area contributed by atoms with E-state index in [2.05, 4.69) is 16.3 Å². The summed E-state index contributed by atoms with van der Waals surface area (Å²) < 4.78 is 4.87. The van der Waals surface area contributed by atoms with Crippen LogP contribution in [0.15, 0.2) is 10.7 Å². The number of carbonyl (C=O) groups is 1. The summed E-state index contributed by atoms with van der Waals surface area (Å²) in [6.45, 7) is 2.19. The molecule has 0 spiro atoms. The van der Waals surface area contributed by atoms with Crippen LogP contribution in [0, 0.1) is 11.8 Å². The van der Waals surface area contributed by atoms with Crippen LogP contribution in [-0.2, 0) is 4.79 Å². The third kappa shape index (κ3) is 3.45. The molecule has 1 aliphatic carbocycles. The molecule has 0 aliphatic heterocycles. The van der Waals surface area contributed by atoms with Crippen molar-refractivity contribution in [3.63, 3.8) is 0 Å². The Labute approximate surface area is 115 Å². The van der Waals surface area contributed by atoms with Gasteiger partial charge in [-0.1, -0.05) is 31.5 Å². The number of rotatable bonds is 5. The minimum Gasteiger partial charge on any atom is -0.481 e. The van der Waals surface area contributed by atoms with E-state index >= 15 is 0 Å². The average molecular weight is 286 g/mol. The van der Waals surface area contributed by atoms with Crippen molar-refractivity contribution in [3.8, 4) is 0 Å². The first-order valence-corrected chi connectivity index (χ1v) is 8.02. The number of aliphatic carboxylic acids is 1. The van der Waals surface area contributed by atoms with Crippen LogP contribution >= 0.6 is 23.3 Å². The largest absolute Gasteiger partial charge is 0.481 e. The molecule has 100 valence electrons. The van der Waals surface area contributed by atoms with Gasteiger partial charge in [-0.15, -0.1) is 0 Å². The highest BCUT2D eigenvalue weighted by atomic mass is 32.2. The van der Waals surface area contributed by atoms with Gasteiger partial charge in [0.25, 0.3) is 0 Å². The summed E-state index contributed by atoms with van der Waals surface area (Å²) in [7, 11) is 0. The van der Waals surface area contributed by atoms with E-state index < -0.39 is 5.97 Å². The van der Waals surface area contributed by atoms with E-state index in [9.17, 15) is 9.90 Å². The van der Waals surface area contributed by atoms with E-state index in [0.717, 1.165) is 23.6 Å². The maximum Gasteiger partial charge on any atom is 0.307 e. The molecule has 0 saturated heterocycles. The van der Waals surface area contributed by atoms with Crippen LogP contribution in [0.3, 0.4) is 0 Å². The molecular formula is C12H18N2O2S2. The Balaban J connectivity index is 2.02. The minimum atomic E-state index is -0.660. The maximum atomic E-state index is 11.3. The predicted octanol–water partition coefficient (Wildman–Crippen LogP) is 3.30. The SMILES string of the molecule is CCCC1CCC(C(=O)O)C(Sc2ncns2)C1. The second-order valence-corrected chi connectivity index (χ2v) is 7.04. The van der Waals surface area contributed by atoms with Crippen molar-refractivity contribution in [2.24, 2.45) is 11.8 Å². The molecule has 6 heteroatoms. The fraction of sp³-hybridized carbons (Fsp3) is 0.750. The van der Waals surface area contributed by atoms with E-state index in [1.165, 1.54) is 30.7 Å². The van der Waals surface area contributed by atoms with Gasteiger partial charge < -0.3 is 5.11 Å². The van der Waals surface area contributed by atoms with Crippen molar-refractivity contribution in [1.29, 1.82) is 0 Å². The molecule has 3 unspecified atom stereocenters. The van der Waals surface area contributed by atoms with Crippen molar-refractivity contribution in [1.82, 2.24) is 9.36 Å². The van der Waals surface area contributed by atoms with Gasteiger partial charge in [-0.2, -0.15) is 4.37 Å². The molecule has 0 bridgehead atoms. The second-order valence-electron chi connectivity index (χ2n) is 4.78. The highest BCUT2D eigenvalue weighted by Gasteiger charge is 2.35. The van der Waals surface area contributed by atoms with Gasteiger partial charge in [-0.05, 0) is 36.7 Å². The molecule has 0 amide bonds. The zero-order valence-electron chi connectivity index (χ0n) is 10.4. The Morgan fingerprint density at radius 3 is 3.06 bits per heavy atom. The lowest BCUT2D eigenvalue weighted by Gasteiger charge is -2.32. The van der Waals surface area contributed by atoms with Crippen molar-refractivity contribution in [2.75, 3.05) is 0 Å². The van der Waals surface area contributed by atoms with E-state index in [1.54, 1.807) is 11.8 Å². The van der Waals surface area contributed by atoms with E-state index in [4.69, 9.17) is 0 Å². The minimum absolute atomic E-state index is 0.153. The summed E-state index contributed by atoms with van der Waals surface area (Å²) in [5, 5.41) is 9.46. The molecule has 1 aliphatic rings. The lowest BCUT2D eigenvalue weighted by molar-refractivity contribution is -0.142. The lowest BCUT2D eigenvalue weighted by atomic mass is 9.80. The van der Waals surface area contributed by atoms with Crippen LogP contribution in [0.5, 0.6) is 0 Å². The number of carboxylic acid groups (broad SMARTS) is 1. The summed E-state index contributed by atoms with van der Waals surface area (Å²) in [5.41, 5.74) is 0. The molecule has 2 rings (SSSR count). The van der Waals surface area contributed by atoms with Crippen molar-refractivity contribution in [2.45, 2.75) is 48.6 Å². The molecule has 0 radical (unpaired) electrons. The maximum absolute atomic E-state index is 11.3. The monoisotopic (exact) mass is 286 g/mol. The molecule has 1 N–H and O–H groups in total. The molecule has 1 aromatic heterocycles. The highest BCUT2D eigenvalue weighted by Crippen LogP contribution is 2.41. The van der Waals surface area contributed by atoms with Crippen LogP contribution in [-0.4, -0.2) is 25.7 Å². The smallest absolute Gasteiger partial charge is 0.307 e. The number of hydrogen-bond donors (Lipinski definition) is 1. The molecule has 4 nitrogen and oxygen atoms in total. The van der Waals surface area contributed by atoms with E-state index in [1.807, 2.05) is 0 Å². The van der Waals surface area contributed by atoms with Crippen LogP contribution in [0.1, 0.15) is 39.0 Å². The fourth-order valence-electron chi connectivity index (χ4n) is 2.64. The molecule has 1 heterocycles. The predicted molar refractivity (Wildman–Crippen MR) is 72.9 cm³/mol. The number of nitrogens with zero attached hydrogens (tertiary/aromatic N) is 2. The summed E-state index contributed by atoms with van der Waals surface area (Å²) >= 11 is 2.96. The lowest BCUT2D eigenvalue weighted by Crippen LogP contribution is -2.32. The summed E-state index contributed by atoms with van der Waals surface area (Å²) in [5.74, 6) is -0.213. The summed E-state index contributed by atoms with van der Waals surface area (Å²) in [6.07, 6.45) is 6.77. The Bertz CT molecular complexity index is 383. The van der Waals surface area contributed by atoms with Crippen LogP contribution in [0.4, 0.5) is 0 Å². The molecule has 1 saturated carbocycles. The Hall–Kier alpha value is -0.620. The van der Waals surface area contributed by atoms with Gasteiger partial charge in [0, 0.05) is 5.25 Å². The first-order valence-electron chi connectivity index (χ1n) is 6.36. The Kier molecular flexibility index (Phi) is 5.00. The van der Waals surface area contributed by atoms with Gasteiger partial charge in [0.05, 0.1) is 5.92 Å². The Morgan fingerprint density at radius 2 is 2.44 bits per heavy atom. The number of carboxylic acids is 1. The zero-order valence-corrected chi connectivity index (χ0v) is 12.0. The first-order chi connectivity index (χ1) is 8.70. The van der Waals surface area contributed by atoms with E-state index in [-0.39, 0.29) is 11.2 Å². The van der Waals surface area contributed by atoms with Gasteiger partial charge in [0.2, 0.25) is 0 Å². The van der Waals surface area contributed by atoms with Gasteiger partial charge in [-0.25, -0.2) is 4.98 Å². The topological polar surface area (TPSA) is 63.1 Å². The third-order valence-corrected chi connectivity index (χ3v) is 5.61. The Morgan fingerprint density at radius 1 is 1.61 bits per heavy atom. The molecule has 1 aromatic rings. The van der Waals surface area contributed by atoms with Crippen LogP contribution in [0.2, 0.25) is 0 Å². The summed E-state index contributed by atoms with van der Waals surface area (Å²) in [4.78, 5) is 15.5. The van der Waals surface area contributed by atoms with Crippen molar-refractivity contribution in [3.05, 3.63) is 6.33 Å². The number of hydrogen-bond acceptors (Lipinski definition) is 5. The normalized spacial score (nSPS) is 28.2. The number of thioether (sulfide) groups is 1. The molecule has 3 atom stereocenters. The van der Waals surface area contributed by atoms with E-state index in [0.29, 0.717) is 5.92 Å². The standard InChI is InChI=1S/C12H18N2O2S2/c1-2-3-8-4-5-9(11(15)16)10(6-8)17-12-13-7-14-18-12/h7-10H,2-6H2,1H3,(H,15,16). The highest BCUT2D eigenvalue weighted by molar-refractivity contribution is 8.01. The quantitative estimate of drug-likeness (QED) is 0.899.